The highest BCUT2D eigenvalue weighted by atomic mass is 19.1. The summed E-state index contributed by atoms with van der Waals surface area (Å²) in [4.78, 5) is 12.5. The first-order chi connectivity index (χ1) is 14.0. The number of aromatic nitrogens is 2. The Kier molecular flexibility index (Phi) is 4.84. The fraction of sp³-hybridized carbons (Fsp3) is 0.238. The molecule has 0 aliphatic heterocycles. The van der Waals surface area contributed by atoms with Crippen molar-refractivity contribution in [1.29, 1.82) is 0 Å². The van der Waals surface area contributed by atoms with Crippen LogP contribution in [0, 0.1) is 5.82 Å². The fourth-order valence-electron chi connectivity index (χ4n) is 3.46. The number of fused-ring (bicyclic) bond motifs is 3. The Bertz CT molecular complexity index is 1090. The van der Waals surface area contributed by atoms with Crippen molar-refractivity contribution in [3.05, 3.63) is 53.3 Å². The number of hydrogen-bond donors (Lipinski definition) is 1. The lowest BCUT2D eigenvalue weighted by Gasteiger charge is -2.12. The van der Waals surface area contributed by atoms with E-state index < -0.39 is 6.09 Å². The highest BCUT2D eigenvalue weighted by Crippen LogP contribution is 2.45. The maximum Gasteiger partial charge on any atom is 0.436 e. The van der Waals surface area contributed by atoms with Crippen molar-refractivity contribution >= 4 is 17.6 Å². The van der Waals surface area contributed by atoms with Crippen LogP contribution in [-0.4, -0.2) is 36.7 Å². The highest BCUT2D eigenvalue weighted by molar-refractivity contribution is 5.86. The molecular formula is C21H20FN3O4. The standard InChI is InChI=1S/C21H20FN3O4/c1-4-29-21(26)25-20(23-14-7-5-6-13(22)10-14)16-8-12-9-17(27-2)18(28-3)11-15(12)19(16)24-25/h5-7,9-11,23H,4,8H2,1-3H3. The van der Waals surface area contributed by atoms with Crippen LogP contribution in [0.1, 0.15) is 18.1 Å². The quantitative estimate of drug-likeness (QED) is 0.539. The lowest BCUT2D eigenvalue weighted by atomic mass is 10.1. The Hall–Kier alpha value is -3.55. The van der Waals surface area contributed by atoms with Gasteiger partial charge in [-0.25, -0.2) is 9.18 Å². The summed E-state index contributed by atoms with van der Waals surface area (Å²) >= 11 is 0. The number of rotatable bonds is 5. The molecule has 4 rings (SSSR count). The van der Waals surface area contributed by atoms with E-state index in [0.29, 0.717) is 35.1 Å². The van der Waals surface area contributed by atoms with Gasteiger partial charge in [-0.05, 0) is 42.8 Å². The van der Waals surface area contributed by atoms with Crippen molar-refractivity contribution in [3.8, 4) is 22.8 Å². The lowest BCUT2D eigenvalue weighted by molar-refractivity contribution is 0.151. The molecule has 8 heteroatoms. The van der Waals surface area contributed by atoms with Gasteiger partial charge in [0.05, 0.1) is 26.5 Å². The average Bonchev–Trinajstić information content (AvgIpc) is 3.23. The molecule has 1 aliphatic carbocycles. The Morgan fingerprint density at radius 1 is 1.21 bits per heavy atom. The predicted molar refractivity (Wildman–Crippen MR) is 106 cm³/mol. The summed E-state index contributed by atoms with van der Waals surface area (Å²) in [5, 5.41) is 7.61. The largest absolute Gasteiger partial charge is 0.493 e. The van der Waals surface area contributed by atoms with Gasteiger partial charge in [-0.2, -0.15) is 5.10 Å². The monoisotopic (exact) mass is 397 g/mol. The van der Waals surface area contributed by atoms with Crippen molar-refractivity contribution in [2.75, 3.05) is 26.1 Å². The number of methoxy groups -OCH3 is 2. The van der Waals surface area contributed by atoms with Crippen molar-refractivity contribution in [2.45, 2.75) is 13.3 Å². The molecule has 0 radical (unpaired) electrons. The van der Waals surface area contributed by atoms with E-state index in [-0.39, 0.29) is 12.4 Å². The second kappa shape index (κ2) is 7.46. The van der Waals surface area contributed by atoms with Crippen LogP contribution in [0.4, 0.5) is 20.7 Å². The summed E-state index contributed by atoms with van der Waals surface area (Å²) < 4.78 is 30.8. The molecule has 0 atom stereocenters. The zero-order valence-electron chi connectivity index (χ0n) is 16.3. The van der Waals surface area contributed by atoms with Gasteiger partial charge in [-0.3, -0.25) is 0 Å². The molecule has 1 aromatic heterocycles. The van der Waals surface area contributed by atoms with Gasteiger partial charge in [0.15, 0.2) is 11.5 Å². The van der Waals surface area contributed by atoms with Crippen LogP contribution in [0.15, 0.2) is 36.4 Å². The molecule has 1 heterocycles. The maximum atomic E-state index is 13.6. The normalized spacial score (nSPS) is 11.6. The molecule has 150 valence electrons. The van der Waals surface area contributed by atoms with Gasteiger partial charge in [-0.1, -0.05) is 6.07 Å². The summed E-state index contributed by atoms with van der Waals surface area (Å²) in [6.45, 7) is 1.94. The van der Waals surface area contributed by atoms with Crippen LogP contribution in [0.3, 0.4) is 0 Å². The van der Waals surface area contributed by atoms with Gasteiger partial charge in [0, 0.05) is 23.2 Å². The molecule has 7 nitrogen and oxygen atoms in total. The zero-order chi connectivity index (χ0) is 20.5. The second-order valence-electron chi connectivity index (χ2n) is 6.46. The molecule has 29 heavy (non-hydrogen) atoms. The average molecular weight is 397 g/mol. The van der Waals surface area contributed by atoms with Crippen LogP contribution in [0.2, 0.25) is 0 Å². The lowest BCUT2D eigenvalue weighted by Crippen LogP contribution is -2.17. The number of benzene rings is 2. The molecule has 0 saturated heterocycles. The minimum atomic E-state index is -0.608. The van der Waals surface area contributed by atoms with E-state index in [1.807, 2.05) is 12.1 Å². The van der Waals surface area contributed by atoms with E-state index in [4.69, 9.17) is 14.2 Å². The molecule has 0 spiro atoms. The second-order valence-corrected chi connectivity index (χ2v) is 6.46. The van der Waals surface area contributed by atoms with Gasteiger partial charge in [-0.15, -0.1) is 4.68 Å². The number of halogens is 1. The third-order valence-corrected chi connectivity index (χ3v) is 4.74. The number of ether oxygens (including phenoxy) is 3. The fourth-order valence-corrected chi connectivity index (χ4v) is 3.46. The Labute approximate surface area is 167 Å². The van der Waals surface area contributed by atoms with Gasteiger partial charge in [0.2, 0.25) is 0 Å². The van der Waals surface area contributed by atoms with E-state index in [1.54, 1.807) is 33.3 Å². The summed E-state index contributed by atoms with van der Waals surface area (Å²) in [5.41, 5.74) is 3.81. The topological polar surface area (TPSA) is 74.6 Å². The number of carbonyl (C=O) groups is 1. The third kappa shape index (κ3) is 3.26. The van der Waals surface area contributed by atoms with Gasteiger partial charge in [0.1, 0.15) is 11.6 Å². The Morgan fingerprint density at radius 2 is 1.97 bits per heavy atom. The first-order valence-corrected chi connectivity index (χ1v) is 9.12. The smallest absolute Gasteiger partial charge is 0.436 e. The summed E-state index contributed by atoms with van der Waals surface area (Å²) in [6.07, 6.45) is -0.0787. The summed E-state index contributed by atoms with van der Waals surface area (Å²) in [7, 11) is 3.14. The maximum absolute atomic E-state index is 13.6. The summed E-state index contributed by atoms with van der Waals surface area (Å²) in [5.74, 6) is 1.25. The molecular weight excluding hydrogens is 377 g/mol. The minimum absolute atomic E-state index is 0.213. The van der Waals surface area contributed by atoms with Crippen molar-refractivity contribution in [2.24, 2.45) is 0 Å². The Balaban J connectivity index is 1.83. The molecule has 0 bridgehead atoms. The van der Waals surface area contributed by atoms with Crippen molar-refractivity contribution < 1.29 is 23.4 Å². The minimum Gasteiger partial charge on any atom is -0.493 e. The third-order valence-electron chi connectivity index (χ3n) is 4.74. The van der Waals surface area contributed by atoms with Crippen LogP contribution in [0.25, 0.3) is 11.3 Å². The molecule has 3 aromatic rings. The molecule has 1 aliphatic rings. The van der Waals surface area contributed by atoms with Gasteiger partial charge >= 0.3 is 6.09 Å². The van der Waals surface area contributed by atoms with Crippen molar-refractivity contribution in [1.82, 2.24) is 9.78 Å². The van der Waals surface area contributed by atoms with Crippen LogP contribution in [0.5, 0.6) is 11.5 Å². The van der Waals surface area contributed by atoms with Crippen LogP contribution in [-0.2, 0) is 11.2 Å². The SMILES string of the molecule is CCOC(=O)n1nc2c(c1Nc1cccc(F)c1)Cc1cc(OC)c(OC)cc1-2. The number of anilines is 2. The molecule has 0 amide bonds. The number of nitrogens with zero attached hydrogens (tertiary/aromatic N) is 2. The van der Waals surface area contributed by atoms with Gasteiger partial charge < -0.3 is 19.5 Å². The van der Waals surface area contributed by atoms with E-state index >= 15 is 0 Å². The van der Waals surface area contributed by atoms with Gasteiger partial charge in [0.25, 0.3) is 0 Å². The first kappa shape index (κ1) is 18.8. The number of carbonyl (C=O) groups excluding carboxylic acids is 1. The molecule has 1 N–H and O–H groups in total. The zero-order valence-corrected chi connectivity index (χ0v) is 16.3. The van der Waals surface area contributed by atoms with E-state index in [2.05, 4.69) is 10.4 Å². The highest BCUT2D eigenvalue weighted by Gasteiger charge is 2.31. The molecule has 0 unspecified atom stereocenters. The van der Waals surface area contributed by atoms with E-state index in [9.17, 15) is 9.18 Å². The van der Waals surface area contributed by atoms with Crippen LogP contribution < -0.4 is 14.8 Å². The predicted octanol–water partition coefficient (Wildman–Crippen LogP) is 4.36. The van der Waals surface area contributed by atoms with E-state index in [0.717, 1.165) is 16.7 Å². The molecule has 0 fully saturated rings. The molecule has 2 aromatic carbocycles. The summed E-state index contributed by atoms with van der Waals surface area (Å²) in [6, 6.07) is 9.75. The first-order valence-electron chi connectivity index (χ1n) is 9.12. The Morgan fingerprint density at radius 3 is 2.66 bits per heavy atom. The number of hydrogen-bond acceptors (Lipinski definition) is 6. The number of nitrogens with one attached hydrogen (secondary N) is 1. The molecule has 0 saturated carbocycles. The van der Waals surface area contributed by atoms with Crippen LogP contribution >= 0.6 is 0 Å². The van der Waals surface area contributed by atoms with E-state index in [1.165, 1.54) is 16.8 Å². The van der Waals surface area contributed by atoms with Crippen molar-refractivity contribution in [3.63, 3.8) is 0 Å².